The van der Waals surface area contributed by atoms with Gasteiger partial charge in [0.05, 0.1) is 0 Å². The molecule has 0 atom stereocenters. The maximum atomic E-state index is 6.11. The van der Waals surface area contributed by atoms with Crippen LogP contribution in [0.25, 0.3) is 21.8 Å². The lowest BCUT2D eigenvalue weighted by atomic mass is 10.0. The lowest BCUT2D eigenvalue weighted by Crippen LogP contribution is -1.87. The summed E-state index contributed by atoms with van der Waals surface area (Å²) in [6.07, 6.45) is 15.1. The van der Waals surface area contributed by atoms with Crippen LogP contribution in [-0.2, 0) is 6.42 Å². The van der Waals surface area contributed by atoms with Gasteiger partial charge in [-0.1, -0.05) is 88.4 Å². The van der Waals surface area contributed by atoms with Gasteiger partial charge in [-0.15, -0.1) is 0 Å². The maximum Gasteiger partial charge on any atom is 0.0479 e. The van der Waals surface area contributed by atoms with Crippen molar-refractivity contribution in [2.24, 2.45) is 0 Å². The SMILES string of the molecule is CCCCCCCCCCCCc1ccc2[nH]c3cc(Cl)ccc3c2c1. The molecule has 140 valence electrons. The third-order valence-electron chi connectivity index (χ3n) is 5.44. The van der Waals surface area contributed by atoms with Crippen LogP contribution < -0.4 is 0 Å². The predicted molar refractivity (Wildman–Crippen MR) is 116 cm³/mol. The van der Waals surface area contributed by atoms with Crippen molar-refractivity contribution in [3.8, 4) is 0 Å². The predicted octanol–water partition coefficient (Wildman–Crippen LogP) is 8.44. The fourth-order valence-corrected chi connectivity index (χ4v) is 4.07. The van der Waals surface area contributed by atoms with Gasteiger partial charge in [-0.05, 0) is 42.7 Å². The van der Waals surface area contributed by atoms with E-state index in [0.29, 0.717) is 0 Å². The highest BCUT2D eigenvalue weighted by molar-refractivity contribution is 6.31. The van der Waals surface area contributed by atoms with E-state index in [1.165, 1.54) is 92.5 Å². The number of benzene rings is 2. The molecule has 2 aromatic carbocycles. The van der Waals surface area contributed by atoms with Gasteiger partial charge in [0.1, 0.15) is 0 Å². The fraction of sp³-hybridized carbons (Fsp3) is 0.500. The molecular weight excluding hydrogens is 338 g/mol. The first-order valence-electron chi connectivity index (χ1n) is 10.5. The number of rotatable bonds is 11. The summed E-state index contributed by atoms with van der Waals surface area (Å²) < 4.78 is 0. The quantitative estimate of drug-likeness (QED) is 0.326. The summed E-state index contributed by atoms with van der Waals surface area (Å²) in [4.78, 5) is 3.47. The van der Waals surface area contributed by atoms with E-state index in [4.69, 9.17) is 11.6 Å². The Balaban J connectivity index is 1.42. The van der Waals surface area contributed by atoms with Crippen LogP contribution in [0.5, 0.6) is 0 Å². The summed E-state index contributed by atoms with van der Waals surface area (Å²) in [5, 5.41) is 3.38. The van der Waals surface area contributed by atoms with E-state index >= 15 is 0 Å². The maximum absolute atomic E-state index is 6.11. The molecule has 1 aromatic heterocycles. The van der Waals surface area contributed by atoms with E-state index in [9.17, 15) is 0 Å². The van der Waals surface area contributed by atoms with Gasteiger partial charge >= 0.3 is 0 Å². The van der Waals surface area contributed by atoms with Crippen molar-refractivity contribution in [2.75, 3.05) is 0 Å². The Bertz CT molecular complexity index is 818. The zero-order valence-electron chi connectivity index (χ0n) is 16.1. The Kier molecular flexibility index (Phi) is 7.43. The highest BCUT2D eigenvalue weighted by Gasteiger charge is 2.05. The Hall–Kier alpha value is -1.47. The van der Waals surface area contributed by atoms with Crippen LogP contribution in [0.1, 0.15) is 76.7 Å². The molecule has 0 amide bonds. The second-order valence-corrected chi connectivity index (χ2v) is 8.06. The van der Waals surface area contributed by atoms with E-state index in [1.54, 1.807) is 0 Å². The molecule has 0 bridgehead atoms. The van der Waals surface area contributed by atoms with Gasteiger partial charge in [-0.2, -0.15) is 0 Å². The average Bonchev–Trinajstić information content (AvgIpc) is 3.00. The third kappa shape index (κ3) is 5.27. The summed E-state index contributed by atoms with van der Waals surface area (Å²) in [6, 6.07) is 13.0. The molecule has 0 fully saturated rings. The number of fused-ring (bicyclic) bond motifs is 3. The number of aromatic nitrogens is 1. The van der Waals surface area contributed by atoms with Gasteiger partial charge in [0, 0.05) is 26.8 Å². The number of unbranched alkanes of at least 4 members (excludes halogenated alkanes) is 9. The lowest BCUT2D eigenvalue weighted by molar-refractivity contribution is 0.556. The number of H-pyrrole nitrogens is 1. The Morgan fingerprint density at radius 3 is 2.12 bits per heavy atom. The monoisotopic (exact) mass is 369 g/mol. The van der Waals surface area contributed by atoms with Crippen LogP contribution >= 0.6 is 11.6 Å². The van der Waals surface area contributed by atoms with Crippen LogP contribution in [0.4, 0.5) is 0 Å². The molecule has 1 nitrogen and oxygen atoms in total. The smallest absolute Gasteiger partial charge is 0.0479 e. The molecule has 3 rings (SSSR count). The molecule has 0 unspecified atom stereocenters. The largest absolute Gasteiger partial charge is 0.354 e. The molecule has 0 saturated heterocycles. The van der Waals surface area contributed by atoms with Gasteiger partial charge in [0.2, 0.25) is 0 Å². The summed E-state index contributed by atoms with van der Waals surface area (Å²) in [6.45, 7) is 2.28. The van der Waals surface area contributed by atoms with Crippen molar-refractivity contribution in [3.63, 3.8) is 0 Å². The number of hydrogen-bond donors (Lipinski definition) is 1. The molecule has 0 saturated carbocycles. The van der Waals surface area contributed by atoms with Crippen LogP contribution in [0.3, 0.4) is 0 Å². The Labute approximate surface area is 163 Å². The zero-order valence-corrected chi connectivity index (χ0v) is 16.9. The molecule has 0 aliphatic rings. The van der Waals surface area contributed by atoms with Crippen molar-refractivity contribution in [3.05, 3.63) is 47.0 Å². The Morgan fingerprint density at radius 1 is 0.692 bits per heavy atom. The first-order valence-corrected chi connectivity index (χ1v) is 10.9. The van der Waals surface area contributed by atoms with Gasteiger partial charge < -0.3 is 4.98 Å². The second kappa shape index (κ2) is 10.0. The number of aromatic amines is 1. The fourth-order valence-electron chi connectivity index (χ4n) is 3.90. The average molecular weight is 370 g/mol. The molecule has 26 heavy (non-hydrogen) atoms. The summed E-state index contributed by atoms with van der Waals surface area (Å²) >= 11 is 6.11. The normalized spacial score (nSPS) is 11.6. The van der Waals surface area contributed by atoms with Gasteiger partial charge in [-0.25, -0.2) is 0 Å². The number of halogens is 1. The van der Waals surface area contributed by atoms with Crippen molar-refractivity contribution < 1.29 is 0 Å². The number of aryl methyl sites for hydroxylation is 1. The molecule has 0 aliphatic heterocycles. The first kappa shape index (κ1) is 19.3. The lowest BCUT2D eigenvalue weighted by Gasteiger charge is -2.04. The molecule has 2 heteroatoms. The highest BCUT2D eigenvalue weighted by atomic mass is 35.5. The molecule has 3 aromatic rings. The molecule has 0 aliphatic carbocycles. The molecule has 1 heterocycles. The summed E-state index contributed by atoms with van der Waals surface area (Å²) in [7, 11) is 0. The minimum absolute atomic E-state index is 0.787. The van der Waals surface area contributed by atoms with Crippen molar-refractivity contribution >= 4 is 33.4 Å². The van der Waals surface area contributed by atoms with E-state index in [2.05, 4.69) is 36.2 Å². The minimum atomic E-state index is 0.787. The summed E-state index contributed by atoms with van der Waals surface area (Å²) in [5.41, 5.74) is 3.78. The van der Waals surface area contributed by atoms with Gasteiger partial charge in [-0.3, -0.25) is 0 Å². The zero-order chi connectivity index (χ0) is 18.2. The van der Waals surface area contributed by atoms with Gasteiger partial charge in [0.15, 0.2) is 0 Å². The van der Waals surface area contributed by atoms with E-state index < -0.39 is 0 Å². The summed E-state index contributed by atoms with van der Waals surface area (Å²) in [5.74, 6) is 0. The topological polar surface area (TPSA) is 15.8 Å². The van der Waals surface area contributed by atoms with Crippen LogP contribution in [0.2, 0.25) is 5.02 Å². The highest BCUT2D eigenvalue weighted by Crippen LogP contribution is 2.28. The van der Waals surface area contributed by atoms with E-state index in [-0.39, 0.29) is 0 Å². The number of hydrogen-bond acceptors (Lipinski definition) is 0. The van der Waals surface area contributed by atoms with E-state index in [1.807, 2.05) is 12.1 Å². The third-order valence-corrected chi connectivity index (χ3v) is 5.68. The van der Waals surface area contributed by atoms with Crippen molar-refractivity contribution in [2.45, 2.75) is 77.6 Å². The molecule has 1 N–H and O–H groups in total. The van der Waals surface area contributed by atoms with Crippen LogP contribution in [0, 0.1) is 0 Å². The van der Waals surface area contributed by atoms with Crippen LogP contribution in [-0.4, -0.2) is 4.98 Å². The van der Waals surface area contributed by atoms with Crippen molar-refractivity contribution in [1.82, 2.24) is 4.98 Å². The standard InChI is InChI=1S/C24H32ClN/c1-2-3-4-5-6-7-8-9-10-11-12-19-13-16-23-22(17-19)21-15-14-20(25)18-24(21)26-23/h13-18,26H,2-12H2,1H3. The van der Waals surface area contributed by atoms with Gasteiger partial charge in [0.25, 0.3) is 0 Å². The Morgan fingerprint density at radius 2 is 1.38 bits per heavy atom. The molecule has 0 spiro atoms. The van der Waals surface area contributed by atoms with Crippen LogP contribution in [0.15, 0.2) is 36.4 Å². The second-order valence-electron chi connectivity index (χ2n) is 7.63. The minimum Gasteiger partial charge on any atom is -0.354 e. The first-order chi connectivity index (χ1) is 12.8. The van der Waals surface area contributed by atoms with E-state index in [0.717, 1.165) is 10.5 Å². The molecular formula is C24H32ClN. The van der Waals surface area contributed by atoms with Crippen molar-refractivity contribution in [1.29, 1.82) is 0 Å². The number of nitrogens with one attached hydrogen (secondary N) is 1. The molecule has 0 radical (unpaired) electrons.